The highest BCUT2D eigenvalue weighted by Gasteiger charge is 2.61. The van der Waals surface area contributed by atoms with Crippen molar-refractivity contribution in [2.45, 2.75) is 37.6 Å². The van der Waals surface area contributed by atoms with E-state index in [9.17, 15) is 19.1 Å². The maximum atomic E-state index is 14.2. The number of nitrogens with zero attached hydrogens (tertiary/aromatic N) is 1. The smallest absolute Gasteiger partial charge is 0.327 e. The number of rotatable bonds is 5. The van der Waals surface area contributed by atoms with E-state index in [0.29, 0.717) is 41.3 Å². The maximum absolute atomic E-state index is 14.2. The third-order valence-corrected chi connectivity index (χ3v) is 7.84. The van der Waals surface area contributed by atoms with Crippen molar-refractivity contribution in [1.82, 2.24) is 0 Å². The van der Waals surface area contributed by atoms with Gasteiger partial charge < -0.3 is 28.9 Å². The van der Waals surface area contributed by atoms with Crippen LogP contribution in [-0.2, 0) is 14.8 Å². The highest BCUT2D eigenvalue weighted by Crippen LogP contribution is 2.58. The van der Waals surface area contributed by atoms with Crippen LogP contribution in [0.25, 0.3) is 0 Å². The summed E-state index contributed by atoms with van der Waals surface area (Å²) in [5.74, 6) is 1.45. The molecule has 0 saturated carbocycles. The van der Waals surface area contributed by atoms with E-state index in [2.05, 4.69) is 0 Å². The number of hydrogen-bond donors (Lipinski definition) is 2. The Bertz CT molecular complexity index is 1120. The SMILES string of the molecule is CCC(CC)(CP(=O)(O)O)N1C(=O)C2(COc3cc4c(cc32)OCO4)c2ccccc21. The van der Waals surface area contributed by atoms with Crippen LogP contribution in [0.3, 0.4) is 0 Å². The molecule has 1 atom stereocenters. The minimum atomic E-state index is -4.39. The second-order valence-corrected chi connectivity index (χ2v) is 9.95. The summed E-state index contributed by atoms with van der Waals surface area (Å²) in [7, 11) is -4.39. The zero-order valence-corrected chi connectivity index (χ0v) is 18.2. The van der Waals surface area contributed by atoms with Crippen molar-refractivity contribution in [3.05, 3.63) is 47.5 Å². The first-order valence-electron chi connectivity index (χ1n) is 10.3. The average molecular weight is 445 g/mol. The molecule has 1 amide bonds. The van der Waals surface area contributed by atoms with Crippen LogP contribution < -0.4 is 19.1 Å². The number of amides is 1. The molecule has 0 radical (unpaired) electrons. The van der Waals surface area contributed by atoms with Crippen molar-refractivity contribution in [3.63, 3.8) is 0 Å². The fourth-order valence-corrected chi connectivity index (χ4v) is 6.56. The predicted octanol–water partition coefficient (Wildman–Crippen LogP) is 3.18. The first-order valence-corrected chi connectivity index (χ1v) is 12.1. The molecule has 0 fully saturated rings. The Morgan fingerprint density at radius 1 is 1.03 bits per heavy atom. The summed E-state index contributed by atoms with van der Waals surface area (Å²) in [5.41, 5.74) is 0.00833. The molecule has 1 spiro atoms. The lowest BCUT2D eigenvalue weighted by molar-refractivity contribution is -0.123. The van der Waals surface area contributed by atoms with Gasteiger partial charge in [-0.3, -0.25) is 9.36 Å². The summed E-state index contributed by atoms with van der Waals surface area (Å²) >= 11 is 0. The third-order valence-electron chi connectivity index (χ3n) is 6.84. The summed E-state index contributed by atoms with van der Waals surface area (Å²) in [6.07, 6.45) is 0.400. The van der Waals surface area contributed by atoms with Crippen molar-refractivity contribution in [2.75, 3.05) is 24.5 Å². The van der Waals surface area contributed by atoms with E-state index in [1.165, 1.54) is 0 Å². The highest BCUT2D eigenvalue weighted by atomic mass is 31.2. The van der Waals surface area contributed by atoms with Crippen molar-refractivity contribution in [1.29, 1.82) is 0 Å². The number of ether oxygens (including phenoxy) is 3. The largest absolute Gasteiger partial charge is 0.491 e. The van der Waals surface area contributed by atoms with Gasteiger partial charge in [-0.1, -0.05) is 32.0 Å². The number of anilines is 1. The molecule has 3 heterocycles. The Morgan fingerprint density at radius 2 is 1.71 bits per heavy atom. The van der Waals surface area contributed by atoms with Crippen LogP contribution in [-0.4, -0.2) is 40.8 Å². The Labute approximate surface area is 179 Å². The van der Waals surface area contributed by atoms with Gasteiger partial charge in [0.05, 0.1) is 11.7 Å². The summed E-state index contributed by atoms with van der Waals surface area (Å²) < 4.78 is 29.1. The summed E-state index contributed by atoms with van der Waals surface area (Å²) in [6, 6.07) is 11.0. The molecule has 8 nitrogen and oxygen atoms in total. The molecule has 9 heteroatoms. The van der Waals surface area contributed by atoms with E-state index in [0.717, 1.165) is 5.56 Å². The molecule has 0 aromatic heterocycles. The lowest BCUT2D eigenvalue weighted by Gasteiger charge is -2.42. The molecule has 2 aromatic rings. The van der Waals surface area contributed by atoms with E-state index < -0.39 is 24.7 Å². The Hall–Kier alpha value is -2.54. The number of carbonyl (C=O) groups excluding carboxylic acids is 1. The molecule has 2 N–H and O–H groups in total. The van der Waals surface area contributed by atoms with Crippen LogP contribution in [0, 0.1) is 0 Å². The van der Waals surface area contributed by atoms with Gasteiger partial charge in [-0.05, 0) is 30.5 Å². The molecule has 0 saturated heterocycles. The first-order chi connectivity index (χ1) is 14.8. The molecular weight excluding hydrogens is 421 g/mol. The van der Waals surface area contributed by atoms with Crippen LogP contribution in [0.4, 0.5) is 5.69 Å². The molecule has 0 bridgehead atoms. The van der Waals surface area contributed by atoms with E-state index in [1.807, 2.05) is 38.1 Å². The Morgan fingerprint density at radius 3 is 2.39 bits per heavy atom. The van der Waals surface area contributed by atoms with Crippen LogP contribution in [0.5, 0.6) is 17.2 Å². The number of fused-ring (bicyclic) bond motifs is 5. The van der Waals surface area contributed by atoms with E-state index in [4.69, 9.17) is 14.2 Å². The van der Waals surface area contributed by atoms with Gasteiger partial charge in [0.25, 0.3) is 0 Å². The summed E-state index contributed by atoms with van der Waals surface area (Å²) in [6.45, 7) is 3.93. The molecule has 1 unspecified atom stereocenters. The fraction of sp³-hybridized carbons (Fsp3) is 0.409. The van der Waals surface area contributed by atoms with E-state index >= 15 is 0 Å². The molecule has 164 valence electrons. The molecular formula is C22H24NO7P. The van der Waals surface area contributed by atoms with Crippen LogP contribution in [0.2, 0.25) is 0 Å². The van der Waals surface area contributed by atoms with Crippen LogP contribution in [0.15, 0.2) is 36.4 Å². The van der Waals surface area contributed by atoms with Gasteiger partial charge in [-0.25, -0.2) is 0 Å². The minimum absolute atomic E-state index is 0.108. The second kappa shape index (κ2) is 6.73. The quantitative estimate of drug-likeness (QED) is 0.681. The average Bonchev–Trinajstić information content (AvgIpc) is 3.41. The van der Waals surface area contributed by atoms with Gasteiger partial charge in [-0.15, -0.1) is 0 Å². The Balaban J connectivity index is 1.72. The molecule has 5 rings (SSSR count). The molecule has 3 aliphatic heterocycles. The first kappa shape index (κ1) is 20.4. The van der Waals surface area contributed by atoms with Crippen molar-refractivity contribution < 1.29 is 33.4 Å². The molecule has 0 aliphatic carbocycles. The standard InChI is InChI=1S/C22H24NO7P/c1-3-21(4-2,12-31(25,26)27)23-16-8-6-5-7-14(16)22(20(23)24)11-28-17-10-19-18(9-15(17)22)29-13-30-19/h5-10H,3-4,11-13H2,1-2H3,(H2,25,26,27). The highest BCUT2D eigenvalue weighted by molar-refractivity contribution is 7.51. The minimum Gasteiger partial charge on any atom is -0.491 e. The van der Waals surface area contributed by atoms with Crippen molar-refractivity contribution in [3.8, 4) is 17.2 Å². The topological polar surface area (TPSA) is 106 Å². The van der Waals surface area contributed by atoms with Gasteiger partial charge in [0.1, 0.15) is 17.8 Å². The lowest BCUT2D eigenvalue weighted by Crippen LogP contribution is -2.56. The molecule has 2 aromatic carbocycles. The monoisotopic (exact) mass is 445 g/mol. The van der Waals surface area contributed by atoms with Crippen LogP contribution >= 0.6 is 7.60 Å². The van der Waals surface area contributed by atoms with Crippen molar-refractivity contribution in [2.24, 2.45) is 0 Å². The van der Waals surface area contributed by atoms with Crippen LogP contribution in [0.1, 0.15) is 37.8 Å². The fourth-order valence-electron chi connectivity index (χ4n) is 5.20. The number of carbonyl (C=O) groups is 1. The van der Waals surface area contributed by atoms with Gasteiger partial charge in [0.15, 0.2) is 11.5 Å². The third kappa shape index (κ3) is 2.75. The normalized spacial score (nSPS) is 21.4. The van der Waals surface area contributed by atoms with Gasteiger partial charge >= 0.3 is 7.60 Å². The molecule has 3 aliphatic rings. The van der Waals surface area contributed by atoms with Gasteiger partial charge in [-0.2, -0.15) is 0 Å². The number of hydrogen-bond acceptors (Lipinski definition) is 5. The summed E-state index contributed by atoms with van der Waals surface area (Å²) in [4.78, 5) is 35.5. The van der Waals surface area contributed by atoms with E-state index in [-0.39, 0.29) is 19.3 Å². The second-order valence-electron chi connectivity index (χ2n) is 8.31. The van der Waals surface area contributed by atoms with Gasteiger partial charge in [0, 0.05) is 17.3 Å². The maximum Gasteiger partial charge on any atom is 0.327 e. The number of benzene rings is 2. The Kier molecular flexibility index (Phi) is 4.42. The van der Waals surface area contributed by atoms with Gasteiger partial charge in [0.2, 0.25) is 12.7 Å². The number of para-hydroxylation sites is 1. The lowest BCUT2D eigenvalue weighted by atomic mass is 9.77. The van der Waals surface area contributed by atoms with Crippen molar-refractivity contribution >= 4 is 19.2 Å². The summed E-state index contributed by atoms with van der Waals surface area (Å²) in [5, 5.41) is 0. The molecule has 31 heavy (non-hydrogen) atoms. The zero-order valence-electron chi connectivity index (χ0n) is 17.3. The van der Waals surface area contributed by atoms with E-state index in [1.54, 1.807) is 17.0 Å². The zero-order chi connectivity index (χ0) is 22.0. The predicted molar refractivity (Wildman–Crippen MR) is 113 cm³/mol.